The summed E-state index contributed by atoms with van der Waals surface area (Å²) in [6.45, 7) is 4.91. The van der Waals surface area contributed by atoms with E-state index in [1.165, 1.54) is 321 Å². The van der Waals surface area contributed by atoms with Crippen LogP contribution in [0.2, 0.25) is 0 Å². The quantitative estimate of drug-likeness (QED) is 0.0320. The van der Waals surface area contributed by atoms with E-state index < -0.39 is 12.1 Å². The van der Waals surface area contributed by atoms with Crippen molar-refractivity contribution in [3.63, 3.8) is 0 Å². The van der Waals surface area contributed by atoms with Gasteiger partial charge in [-0.25, -0.2) is 0 Å². The minimum absolute atomic E-state index is 0.00564. The van der Waals surface area contributed by atoms with Crippen LogP contribution in [0.5, 0.6) is 0 Å². The number of aliphatic hydroxyl groups excluding tert-OH is 2. The predicted molar refractivity (Wildman–Crippen MR) is 361 cm³/mol. The molecule has 0 fully saturated rings. The Morgan fingerprint density at radius 1 is 0.341 bits per heavy atom. The smallest absolute Gasteiger partial charge is 0.305 e. The second-order valence-electron chi connectivity index (χ2n) is 25.3. The Morgan fingerprint density at radius 3 is 0.963 bits per heavy atom. The Morgan fingerprint density at radius 2 is 0.610 bits per heavy atom. The van der Waals surface area contributed by atoms with Crippen molar-refractivity contribution in [3.8, 4) is 0 Å². The lowest BCUT2D eigenvalue weighted by Crippen LogP contribution is -2.45. The first-order chi connectivity index (χ1) is 40.5. The summed E-state index contributed by atoms with van der Waals surface area (Å²) >= 11 is 0. The van der Waals surface area contributed by atoms with E-state index in [0.29, 0.717) is 19.4 Å². The number of amides is 1. The van der Waals surface area contributed by atoms with Crippen LogP contribution in [0.1, 0.15) is 399 Å². The standard InChI is InChI=1S/C76H143NO5/c1-3-5-7-9-11-13-15-17-19-21-22-23-27-30-33-37-40-44-48-52-56-60-64-68-74(79)73(72-78)77-75(80)69-65-61-57-53-49-45-41-38-34-31-28-25-24-26-29-32-35-39-43-47-51-55-59-63-67-71-82-76(81)70-66-62-58-54-50-46-42-36-20-18-16-14-12-10-8-6-4-2/h12,14,18,20,25,28,64,68,73-74,78-79H,3-11,13,15-17,19,21-24,26-27,29-63,65-67,69-72H2,1-2H3,(H,77,80)/b14-12-,20-18-,28-25-,68-64+. The molecule has 6 nitrogen and oxygen atoms in total. The molecule has 2 atom stereocenters. The van der Waals surface area contributed by atoms with Crippen molar-refractivity contribution in [2.45, 2.75) is 411 Å². The van der Waals surface area contributed by atoms with Gasteiger partial charge >= 0.3 is 5.97 Å². The van der Waals surface area contributed by atoms with Crippen LogP contribution < -0.4 is 5.32 Å². The van der Waals surface area contributed by atoms with E-state index in [4.69, 9.17) is 4.74 Å². The minimum atomic E-state index is -0.849. The van der Waals surface area contributed by atoms with Crippen LogP contribution in [0.4, 0.5) is 0 Å². The summed E-state index contributed by atoms with van der Waals surface area (Å²) in [6, 6.07) is -0.632. The highest BCUT2D eigenvalue weighted by Crippen LogP contribution is 2.18. The molecule has 0 bridgehead atoms. The van der Waals surface area contributed by atoms with E-state index in [9.17, 15) is 19.8 Å². The van der Waals surface area contributed by atoms with Gasteiger partial charge in [0.1, 0.15) is 0 Å². The molecule has 0 aromatic rings. The molecule has 0 rings (SSSR count). The van der Waals surface area contributed by atoms with Crippen molar-refractivity contribution in [1.29, 1.82) is 0 Å². The summed E-state index contributed by atoms with van der Waals surface area (Å²) in [6.07, 6.45) is 93.4. The van der Waals surface area contributed by atoms with Crippen LogP contribution in [-0.4, -0.2) is 47.4 Å². The molecule has 0 aliphatic rings. The average Bonchev–Trinajstić information content (AvgIpc) is 3.48. The molecule has 3 N–H and O–H groups in total. The number of hydrogen-bond acceptors (Lipinski definition) is 5. The van der Waals surface area contributed by atoms with Gasteiger partial charge in [0.15, 0.2) is 0 Å². The minimum Gasteiger partial charge on any atom is -0.466 e. The van der Waals surface area contributed by atoms with Crippen molar-refractivity contribution in [2.75, 3.05) is 13.2 Å². The van der Waals surface area contributed by atoms with Crippen molar-refractivity contribution < 1.29 is 24.5 Å². The molecule has 82 heavy (non-hydrogen) atoms. The second kappa shape index (κ2) is 71.3. The van der Waals surface area contributed by atoms with E-state index in [2.05, 4.69) is 55.6 Å². The van der Waals surface area contributed by atoms with Gasteiger partial charge in [0.05, 0.1) is 25.4 Å². The van der Waals surface area contributed by atoms with Crippen LogP contribution in [-0.2, 0) is 14.3 Å². The number of carbonyl (C=O) groups is 2. The largest absolute Gasteiger partial charge is 0.466 e. The second-order valence-corrected chi connectivity index (χ2v) is 25.3. The lowest BCUT2D eigenvalue weighted by Gasteiger charge is -2.20. The summed E-state index contributed by atoms with van der Waals surface area (Å²) in [7, 11) is 0. The first-order valence-corrected chi connectivity index (χ1v) is 36.9. The molecule has 0 aromatic heterocycles. The Bertz CT molecular complexity index is 1370. The number of unbranched alkanes of at least 4 members (excludes halogenated alkanes) is 52. The van der Waals surface area contributed by atoms with Gasteiger partial charge in [0.25, 0.3) is 0 Å². The van der Waals surface area contributed by atoms with Crippen LogP contribution in [0.3, 0.4) is 0 Å². The fourth-order valence-corrected chi connectivity index (χ4v) is 11.4. The van der Waals surface area contributed by atoms with Gasteiger partial charge in [-0.3, -0.25) is 9.59 Å². The maximum absolute atomic E-state index is 12.5. The number of carbonyl (C=O) groups excluding carboxylic acids is 2. The number of allylic oxidation sites excluding steroid dienone is 7. The summed E-state index contributed by atoms with van der Waals surface area (Å²) in [5, 5.41) is 23.3. The molecule has 0 saturated carbocycles. The van der Waals surface area contributed by atoms with Crippen molar-refractivity contribution in [1.82, 2.24) is 5.32 Å². The molecule has 0 saturated heterocycles. The van der Waals surface area contributed by atoms with E-state index in [-0.39, 0.29) is 18.5 Å². The number of nitrogens with one attached hydrogen (secondary N) is 1. The van der Waals surface area contributed by atoms with E-state index in [1.807, 2.05) is 6.08 Å². The average molecular weight is 1150 g/mol. The molecular formula is C76H143NO5. The maximum Gasteiger partial charge on any atom is 0.305 e. The van der Waals surface area contributed by atoms with Crippen LogP contribution in [0.15, 0.2) is 48.6 Å². The number of rotatable bonds is 69. The monoisotopic (exact) mass is 1150 g/mol. The Hall–Kier alpha value is -2.18. The highest BCUT2D eigenvalue weighted by Gasteiger charge is 2.18. The summed E-state index contributed by atoms with van der Waals surface area (Å²) in [5.74, 6) is -0.0618. The number of ether oxygens (including phenoxy) is 1. The maximum atomic E-state index is 12.5. The SMILES string of the molecule is CCCCC/C=C\C/C=C\CCCCCCCCCC(=O)OCCCCCCCCCCCCCC/C=C\CCCCCCCCCCCC(=O)NC(CO)C(O)/C=C/CCCCCCCCCCCCCCCCCCCCCCC. The fourth-order valence-electron chi connectivity index (χ4n) is 11.4. The van der Waals surface area contributed by atoms with Gasteiger partial charge in [-0.05, 0) is 89.9 Å². The topological polar surface area (TPSA) is 95.9 Å². The first-order valence-electron chi connectivity index (χ1n) is 36.9. The third kappa shape index (κ3) is 67.0. The van der Waals surface area contributed by atoms with Gasteiger partial charge in [-0.15, -0.1) is 0 Å². The Kier molecular flexibility index (Phi) is 69.4. The summed E-state index contributed by atoms with van der Waals surface area (Å²) in [5.41, 5.74) is 0. The zero-order chi connectivity index (χ0) is 59.2. The first kappa shape index (κ1) is 79.8. The Balaban J connectivity index is 3.42. The van der Waals surface area contributed by atoms with Crippen molar-refractivity contribution in [3.05, 3.63) is 48.6 Å². The molecule has 482 valence electrons. The van der Waals surface area contributed by atoms with Crippen molar-refractivity contribution >= 4 is 11.9 Å². The fraction of sp³-hybridized carbons (Fsp3) is 0.868. The van der Waals surface area contributed by atoms with Gasteiger partial charge in [0.2, 0.25) is 5.91 Å². The van der Waals surface area contributed by atoms with Gasteiger partial charge < -0.3 is 20.3 Å². The number of hydrogen-bond donors (Lipinski definition) is 3. The van der Waals surface area contributed by atoms with Crippen LogP contribution in [0.25, 0.3) is 0 Å². The molecular weight excluding hydrogens is 1010 g/mol. The molecule has 6 heteroatoms. The van der Waals surface area contributed by atoms with Crippen molar-refractivity contribution in [2.24, 2.45) is 0 Å². The molecule has 0 aliphatic carbocycles. The van der Waals surface area contributed by atoms with Crippen LogP contribution >= 0.6 is 0 Å². The van der Waals surface area contributed by atoms with Gasteiger partial charge in [0, 0.05) is 12.8 Å². The Labute approximate surface area is 512 Å². The highest BCUT2D eigenvalue weighted by atomic mass is 16.5. The molecule has 1 amide bonds. The van der Waals surface area contributed by atoms with E-state index >= 15 is 0 Å². The predicted octanol–water partition coefficient (Wildman–Crippen LogP) is 24.0. The molecule has 2 unspecified atom stereocenters. The number of esters is 1. The third-order valence-corrected chi connectivity index (χ3v) is 17.1. The number of aliphatic hydroxyl groups is 2. The van der Waals surface area contributed by atoms with Crippen LogP contribution in [0, 0.1) is 0 Å². The third-order valence-electron chi connectivity index (χ3n) is 17.1. The normalized spacial score (nSPS) is 12.8. The summed E-state index contributed by atoms with van der Waals surface area (Å²) in [4.78, 5) is 24.6. The molecule has 0 heterocycles. The van der Waals surface area contributed by atoms with E-state index in [0.717, 1.165) is 51.4 Å². The van der Waals surface area contributed by atoms with E-state index in [1.54, 1.807) is 6.08 Å². The van der Waals surface area contributed by atoms with Gasteiger partial charge in [-0.2, -0.15) is 0 Å². The highest BCUT2D eigenvalue weighted by molar-refractivity contribution is 5.76. The zero-order valence-electron chi connectivity index (χ0n) is 55.2. The van der Waals surface area contributed by atoms with Gasteiger partial charge in [-0.1, -0.05) is 345 Å². The molecule has 0 spiro atoms. The lowest BCUT2D eigenvalue weighted by atomic mass is 10.0. The molecule has 0 aliphatic heterocycles. The lowest BCUT2D eigenvalue weighted by molar-refractivity contribution is -0.143. The molecule has 0 aromatic carbocycles. The summed E-state index contributed by atoms with van der Waals surface area (Å²) < 4.78 is 5.50. The zero-order valence-corrected chi connectivity index (χ0v) is 55.2. The molecule has 0 radical (unpaired) electrons.